The van der Waals surface area contributed by atoms with Crippen LogP contribution in [0.3, 0.4) is 0 Å². The summed E-state index contributed by atoms with van der Waals surface area (Å²) in [5, 5.41) is 12.7. The van der Waals surface area contributed by atoms with Crippen LogP contribution in [0.15, 0.2) is 93.8 Å². The topological polar surface area (TPSA) is 63.1 Å². The number of amides is 1. The van der Waals surface area contributed by atoms with Crippen LogP contribution in [0.4, 0.5) is 10.1 Å². The summed E-state index contributed by atoms with van der Waals surface area (Å²) in [5.41, 5.74) is 1.55. The van der Waals surface area contributed by atoms with Gasteiger partial charge >= 0.3 is 0 Å². The van der Waals surface area contributed by atoms with Gasteiger partial charge in [-0.05, 0) is 81.4 Å². The Balaban J connectivity index is 1.32. The minimum absolute atomic E-state index is 0.0536. The first-order valence-electron chi connectivity index (χ1n) is 12.8. The SMILES string of the molecule is CC(c1nnc(SCC(=O)Nc2ccccc2Sc2ccccc2)n1-c1ccc(F)cc1)N1CCCCC1. The summed E-state index contributed by atoms with van der Waals surface area (Å²) in [7, 11) is 0. The van der Waals surface area contributed by atoms with Gasteiger partial charge in [0.05, 0.1) is 17.5 Å². The summed E-state index contributed by atoms with van der Waals surface area (Å²) in [4.78, 5) is 17.5. The van der Waals surface area contributed by atoms with Crippen molar-refractivity contribution in [3.8, 4) is 5.69 Å². The van der Waals surface area contributed by atoms with Crippen molar-refractivity contribution in [2.75, 3.05) is 24.2 Å². The van der Waals surface area contributed by atoms with Crippen molar-refractivity contribution in [3.05, 3.63) is 90.5 Å². The van der Waals surface area contributed by atoms with Crippen molar-refractivity contribution < 1.29 is 9.18 Å². The Kier molecular flexibility index (Phi) is 8.78. The number of halogens is 1. The molecule has 0 aliphatic carbocycles. The third kappa shape index (κ3) is 6.46. The van der Waals surface area contributed by atoms with Crippen molar-refractivity contribution in [2.45, 2.75) is 47.2 Å². The number of hydrogen-bond acceptors (Lipinski definition) is 6. The maximum Gasteiger partial charge on any atom is 0.234 e. The Morgan fingerprint density at radius 3 is 2.42 bits per heavy atom. The minimum Gasteiger partial charge on any atom is -0.324 e. The standard InChI is InChI=1S/C29H30FN5OS2/c1-21(34-18-8-3-9-19-34)28-32-33-29(35(28)23-16-14-22(30)15-17-23)37-20-27(36)31-25-12-6-7-13-26(25)38-24-10-4-2-5-11-24/h2,4-7,10-17,21H,3,8-9,18-20H2,1H3,(H,31,36). The molecule has 0 saturated carbocycles. The van der Waals surface area contributed by atoms with E-state index in [1.165, 1.54) is 43.2 Å². The monoisotopic (exact) mass is 547 g/mol. The van der Waals surface area contributed by atoms with E-state index in [4.69, 9.17) is 0 Å². The molecule has 5 rings (SSSR count). The molecule has 9 heteroatoms. The Hall–Kier alpha value is -3.14. The Morgan fingerprint density at radius 2 is 1.66 bits per heavy atom. The Bertz CT molecular complexity index is 1360. The van der Waals surface area contributed by atoms with E-state index in [0.29, 0.717) is 5.16 Å². The van der Waals surface area contributed by atoms with Crippen LogP contribution in [0.2, 0.25) is 0 Å². The molecule has 1 amide bonds. The number of benzene rings is 3. The second-order valence-electron chi connectivity index (χ2n) is 9.17. The lowest BCUT2D eigenvalue weighted by Gasteiger charge is -2.31. The predicted octanol–water partition coefficient (Wildman–Crippen LogP) is 6.84. The average molecular weight is 548 g/mol. The average Bonchev–Trinajstić information content (AvgIpc) is 3.38. The van der Waals surface area contributed by atoms with Gasteiger partial charge in [-0.2, -0.15) is 0 Å². The zero-order chi connectivity index (χ0) is 26.3. The van der Waals surface area contributed by atoms with Crippen LogP contribution in [0.1, 0.15) is 38.1 Å². The molecule has 1 aliphatic heterocycles. The second-order valence-corrected chi connectivity index (χ2v) is 11.2. The maximum absolute atomic E-state index is 13.7. The zero-order valence-electron chi connectivity index (χ0n) is 21.2. The van der Waals surface area contributed by atoms with Gasteiger partial charge in [-0.15, -0.1) is 10.2 Å². The number of rotatable bonds is 9. The van der Waals surface area contributed by atoms with Crippen LogP contribution in [0.25, 0.3) is 5.69 Å². The van der Waals surface area contributed by atoms with E-state index < -0.39 is 0 Å². The number of carbonyl (C=O) groups excluding carboxylic acids is 1. The highest BCUT2D eigenvalue weighted by atomic mass is 32.2. The summed E-state index contributed by atoms with van der Waals surface area (Å²) in [5.74, 6) is 0.538. The first-order valence-corrected chi connectivity index (χ1v) is 14.6. The summed E-state index contributed by atoms with van der Waals surface area (Å²) in [6.07, 6.45) is 3.58. The largest absolute Gasteiger partial charge is 0.324 e. The van der Waals surface area contributed by atoms with E-state index in [2.05, 4.69) is 27.3 Å². The van der Waals surface area contributed by atoms with Gasteiger partial charge in [-0.3, -0.25) is 14.3 Å². The van der Waals surface area contributed by atoms with Crippen molar-refractivity contribution in [2.24, 2.45) is 0 Å². The molecule has 0 radical (unpaired) electrons. The molecule has 1 aliphatic rings. The molecular formula is C29H30FN5OS2. The van der Waals surface area contributed by atoms with Gasteiger partial charge in [0.2, 0.25) is 5.91 Å². The highest BCUT2D eigenvalue weighted by Crippen LogP contribution is 2.34. The highest BCUT2D eigenvalue weighted by molar-refractivity contribution is 8.00. The maximum atomic E-state index is 13.7. The van der Waals surface area contributed by atoms with E-state index in [-0.39, 0.29) is 23.5 Å². The van der Waals surface area contributed by atoms with E-state index >= 15 is 0 Å². The van der Waals surface area contributed by atoms with Crippen molar-refractivity contribution in [1.82, 2.24) is 19.7 Å². The lowest BCUT2D eigenvalue weighted by molar-refractivity contribution is -0.113. The number of hydrogen-bond donors (Lipinski definition) is 1. The van der Waals surface area contributed by atoms with E-state index in [9.17, 15) is 9.18 Å². The van der Waals surface area contributed by atoms with E-state index in [1.807, 2.05) is 59.2 Å². The number of para-hydroxylation sites is 1. The molecule has 1 saturated heterocycles. The molecule has 1 unspecified atom stereocenters. The second kappa shape index (κ2) is 12.6. The van der Waals surface area contributed by atoms with Crippen LogP contribution in [-0.2, 0) is 4.79 Å². The molecule has 1 aromatic heterocycles. The van der Waals surface area contributed by atoms with E-state index in [1.54, 1.807) is 23.9 Å². The summed E-state index contributed by atoms with van der Waals surface area (Å²) < 4.78 is 15.7. The summed E-state index contributed by atoms with van der Waals surface area (Å²) in [6, 6.07) is 24.2. The molecule has 6 nitrogen and oxygen atoms in total. The molecule has 0 spiro atoms. The molecule has 0 bridgehead atoms. The van der Waals surface area contributed by atoms with Crippen LogP contribution in [-0.4, -0.2) is 44.4 Å². The molecule has 1 atom stereocenters. The number of carbonyl (C=O) groups is 1. The van der Waals surface area contributed by atoms with Crippen LogP contribution < -0.4 is 5.32 Å². The van der Waals surface area contributed by atoms with Crippen molar-refractivity contribution >= 4 is 35.1 Å². The number of anilines is 1. The van der Waals surface area contributed by atoms with Gasteiger partial charge in [-0.25, -0.2) is 4.39 Å². The summed E-state index contributed by atoms with van der Waals surface area (Å²) >= 11 is 2.93. The minimum atomic E-state index is -0.298. The van der Waals surface area contributed by atoms with Crippen LogP contribution in [0, 0.1) is 5.82 Å². The quantitative estimate of drug-likeness (QED) is 0.232. The lowest BCUT2D eigenvalue weighted by Crippen LogP contribution is -2.33. The predicted molar refractivity (Wildman–Crippen MR) is 152 cm³/mol. The fraction of sp³-hybridized carbons (Fsp3) is 0.276. The normalized spacial score (nSPS) is 14.8. The molecule has 1 N–H and O–H groups in total. The fourth-order valence-corrected chi connectivity index (χ4v) is 6.22. The third-order valence-electron chi connectivity index (χ3n) is 6.52. The molecule has 2 heterocycles. The third-order valence-corrected chi connectivity index (χ3v) is 8.53. The smallest absolute Gasteiger partial charge is 0.234 e. The molecule has 38 heavy (non-hydrogen) atoms. The summed E-state index contributed by atoms with van der Waals surface area (Å²) in [6.45, 7) is 4.17. The number of piperidine rings is 1. The molecule has 196 valence electrons. The van der Waals surface area contributed by atoms with Gasteiger partial charge < -0.3 is 5.32 Å². The van der Waals surface area contributed by atoms with Crippen molar-refractivity contribution in [3.63, 3.8) is 0 Å². The Labute approximate surface area is 231 Å². The molecular weight excluding hydrogens is 517 g/mol. The lowest BCUT2D eigenvalue weighted by atomic mass is 10.1. The number of likely N-dealkylation sites (tertiary alicyclic amines) is 1. The fourth-order valence-electron chi connectivity index (χ4n) is 4.54. The Morgan fingerprint density at radius 1 is 0.947 bits per heavy atom. The number of nitrogens with zero attached hydrogens (tertiary/aromatic N) is 4. The van der Waals surface area contributed by atoms with Crippen molar-refractivity contribution in [1.29, 1.82) is 0 Å². The molecule has 4 aromatic rings. The van der Waals surface area contributed by atoms with E-state index in [0.717, 1.165) is 40.1 Å². The first kappa shape index (κ1) is 26.5. The van der Waals surface area contributed by atoms with Gasteiger partial charge in [0.15, 0.2) is 11.0 Å². The van der Waals surface area contributed by atoms with Crippen LogP contribution >= 0.6 is 23.5 Å². The highest BCUT2D eigenvalue weighted by Gasteiger charge is 2.26. The number of nitrogens with one attached hydrogen (secondary N) is 1. The number of thioether (sulfide) groups is 1. The zero-order valence-corrected chi connectivity index (χ0v) is 22.9. The van der Waals surface area contributed by atoms with Gasteiger partial charge in [0.1, 0.15) is 5.82 Å². The molecule has 3 aromatic carbocycles. The van der Waals surface area contributed by atoms with Gasteiger partial charge in [-0.1, -0.05) is 60.3 Å². The first-order chi connectivity index (χ1) is 18.6. The molecule has 1 fully saturated rings. The van der Waals surface area contributed by atoms with Gasteiger partial charge in [0.25, 0.3) is 0 Å². The number of aromatic nitrogens is 3. The van der Waals surface area contributed by atoms with Gasteiger partial charge in [0, 0.05) is 15.5 Å². The van der Waals surface area contributed by atoms with Crippen LogP contribution in [0.5, 0.6) is 0 Å².